The fourth-order valence-corrected chi connectivity index (χ4v) is 3.73. The maximum Gasteiger partial charge on any atom is 0.234 e. The molecule has 0 bridgehead atoms. The standard InChI is InChI=1S/C22H19NO2S/c1-15-6-8-16(9-7-15)13-26-14-22(24)23-17-10-11-19-18-4-2-3-5-20(18)25-21(19)12-17/h2-12H,13-14H2,1H3,(H,23,24). The quantitative estimate of drug-likeness (QED) is 0.491. The van der Waals surface area contributed by atoms with Crippen LogP contribution in [0.4, 0.5) is 5.69 Å². The van der Waals surface area contributed by atoms with Crippen LogP contribution in [0.5, 0.6) is 0 Å². The molecule has 4 heteroatoms. The summed E-state index contributed by atoms with van der Waals surface area (Å²) in [5.41, 5.74) is 4.89. The molecule has 0 aliphatic heterocycles. The third-order valence-electron chi connectivity index (χ3n) is 4.29. The Morgan fingerprint density at radius 1 is 0.962 bits per heavy atom. The molecule has 1 aromatic heterocycles. The van der Waals surface area contributed by atoms with Crippen molar-refractivity contribution in [3.05, 3.63) is 77.9 Å². The van der Waals surface area contributed by atoms with E-state index in [9.17, 15) is 4.79 Å². The molecule has 0 spiro atoms. The van der Waals surface area contributed by atoms with Crippen LogP contribution in [0.1, 0.15) is 11.1 Å². The molecule has 130 valence electrons. The van der Waals surface area contributed by atoms with Crippen molar-refractivity contribution >= 4 is 45.3 Å². The Kier molecular flexibility index (Phi) is 4.67. The monoisotopic (exact) mass is 361 g/mol. The zero-order chi connectivity index (χ0) is 17.9. The van der Waals surface area contributed by atoms with Gasteiger partial charge in [-0.3, -0.25) is 4.79 Å². The number of rotatable bonds is 5. The first kappa shape index (κ1) is 16.7. The molecular formula is C22H19NO2S. The number of amides is 1. The number of nitrogens with one attached hydrogen (secondary N) is 1. The summed E-state index contributed by atoms with van der Waals surface area (Å²) in [6.45, 7) is 2.07. The van der Waals surface area contributed by atoms with Crippen LogP contribution in [0.25, 0.3) is 21.9 Å². The van der Waals surface area contributed by atoms with Crippen LogP contribution in [0.3, 0.4) is 0 Å². The minimum absolute atomic E-state index is 0.00225. The SMILES string of the molecule is Cc1ccc(CSCC(=O)Nc2ccc3c(c2)oc2ccccc23)cc1. The van der Waals surface area contributed by atoms with Gasteiger partial charge in [0.1, 0.15) is 11.2 Å². The summed E-state index contributed by atoms with van der Waals surface area (Å²) in [5, 5.41) is 5.11. The van der Waals surface area contributed by atoms with Gasteiger partial charge >= 0.3 is 0 Å². The molecule has 0 saturated carbocycles. The van der Waals surface area contributed by atoms with Gasteiger partial charge in [-0.25, -0.2) is 0 Å². The number of aryl methyl sites for hydroxylation is 1. The van der Waals surface area contributed by atoms with E-state index in [1.54, 1.807) is 11.8 Å². The highest BCUT2D eigenvalue weighted by molar-refractivity contribution is 7.99. The van der Waals surface area contributed by atoms with E-state index in [2.05, 4.69) is 36.5 Å². The Balaban J connectivity index is 1.39. The third kappa shape index (κ3) is 3.60. The lowest BCUT2D eigenvalue weighted by Crippen LogP contribution is -2.14. The number of hydrogen-bond donors (Lipinski definition) is 1. The number of carbonyl (C=O) groups excluding carboxylic acids is 1. The molecule has 1 heterocycles. The first-order valence-corrected chi connectivity index (χ1v) is 9.69. The van der Waals surface area contributed by atoms with E-state index in [0.29, 0.717) is 5.75 Å². The van der Waals surface area contributed by atoms with Crippen LogP contribution in [0.15, 0.2) is 71.1 Å². The van der Waals surface area contributed by atoms with E-state index in [-0.39, 0.29) is 5.91 Å². The smallest absolute Gasteiger partial charge is 0.234 e. The first-order valence-electron chi connectivity index (χ1n) is 8.53. The summed E-state index contributed by atoms with van der Waals surface area (Å²) in [4.78, 5) is 12.2. The minimum Gasteiger partial charge on any atom is -0.456 e. The highest BCUT2D eigenvalue weighted by Gasteiger charge is 2.08. The Labute approximate surface area is 156 Å². The molecule has 3 nitrogen and oxygen atoms in total. The number of benzene rings is 3. The van der Waals surface area contributed by atoms with E-state index in [0.717, 1.165) is 33.4 Å². The number of furan rings is 1. The van der Waals surface area contributed by atoms with Crippen molar-refractivity contribution in [3.8, 4) is 0 Å². The van der Waals surface area contributed by atoms with E-state index < -0.39 is 0 Å². The first-order chi connectivity index (χ1) is 12.7. The molecule has 4 rings (SSSR count). The van der Waals surface area contributed by atoms with E-state index in [4.69, 9.17) is 4.42 Å². The molecule has 0 fully saturated rings. The molecule has 0 atom stereocenters. The summed E-state index contributed by atoms with van der Waals surface area (Å²) in [6.07, 6.45) is 0. The van der Waals surface area contributed by atoms with E-state index in [1.165, 1.54) is 11.1 Å². The van der Waals surface area contributed by atoms with Crippen LogP contribution >= 0.6 is 11.8 Å². The number of fused-ring (bicyclic) bond motifs is 3. The summed E-state index contributed by atoms with van der Waals surface area (Å²) < 4.78 is 5.87. The van der Waals surface area contributed by atoms with Crippen molar-refractivity contribution in [2.45, 2.75) is 12.7 Å². The molecular weight excluding hydrogens is 342 g/mol. The van der Waals surface area contributed by atoms with Crippen molar-refractivity contribution in [1.82, 2.24) is 0 Å². The van der Waals surface area contributed by atoms with Crippen molar-refractivity contribution in [2.75, 3.05) is 11.1 Å². The molecule has 1 amide bonds. The van der Waals surface area contributed by atoms with Gasteiger partial charge in [-0.15, -0.1) is 11.8 Å². The van der Waals surface area contributed by atoms with Gasteiger partial charge in [-0.05, 0) is 30.7 Å². The van der Waals surface area contributed by atoms with Gasteiger partial charge in [0, 0.05) is 28.3 Å². The zero-order valence-electron chi connectivity index (χ0n) is 14.5. The maximum atomic E-state index is 12.2. The molecule has 0 unspecified atom stereocenters. The van der Waals surface area contributed by atoms with Crippen LogP contribution in [0.2, 0.25) is 0 Å². The zero-order valence-corrected chi connectivity index (χ0v) is 15.3. The Morgan fingerprint density at radius 3 is 2.58 bits per heavy atom. The van der Waals surface area contributed by atoms with Gasteiger partial charge in [0.2, 0.25) is 5.91 Å². The third-order valence-corrected chi connectivity index (χ3v) is 5.29. The lowest BCUT2D eigenvalue weighted by atomic mass is 10.1. The molecule has 4 aromatic rings. The molecule has 0 radical (unpaired) electrons. The average molecular weight is 361 g/mol. The lowest BCUT2D eigenvalue weighted by molar-refractivity contribution is -0.113. The van der Waals surface area contributed by atoms with Crippen LogP contribution in [-0.4, -0.2) is 11.7 Å². The van der Waals surface area contributed by atoms with Crippen molar-refractivity contribution in [3.63, 3.8) is 0 Å². The molecule has 1 N–H and O–H groups in total. The van der Waals surface area contributed by atoms with Crippen molar-refractivity contribution in [1.29, 1.82) is 0 Å². The van der Waals surface area contributed by atoms with Gasteiger partial charge in [-0.2, -0.15) is 0 Å². The van der Waals surface area contributed by atoms with Gasteiger partial charge in [0.15, 0.2) is 0 Å². The average Bonchev–Trinajstić information content (AvgIpc) is 3.01. The van der Waals surface area contributed by atoms with E-state index in [1.807, 2.05) is 42.5 Å². The maximum absolute atomic E-state index is 12.2. The molecule has 3 aromatic carbocycles. The van der Waals surface area contributed by atoms with Gasteiger partial charge in [-0.1, -0.05) is 48.0 Å². The fraction of sp³-hybridized carbons (Fsp3) is 0.136. The van der Waals surface area contributed by atoms with Gasteiger partial charge < -0.3 is 9.73 Å². The van der Waals surface area contributed by atoms with Gasteiger partial charge in [0.05, 0.1) is 5.75 Å². The van der Waals surface area contributed by atoms with Crippen LogP contribution in [0, 0.1) is 6.92 Å². The topological polar surface area (TPSA) is 42.2 Å². The predicted octanol–water partition coefficient (Wildman–Crippen LogP) is 5.77. The Hall–Kier alpha value is -2.72. The molecule has 0 aliphatic rings. The van der Waals surface area contributed by atoms with E-state index >= 15 is 0 Å². The van der Waals surface area contributed by atoms with Crippen molar-refractivity contribution < 1.29 is 9.21 Å². The molecule has 0 aliphatic carbocycles. The number of hydrogen-bond acceptors (Lipinski definition) is 3. The highest BCUT2D eigenvalue weighted by atomic mass is 32.2. The second-order valence-corrected chi connectivity index (χ2v) is 7.32. The summed E-state index contributed by atoms with van der Waals surface area (Å²) >= 11 is 1.61. The van der Waals surface area contributed by atoms with Gasteiger partial charge in [0.25, 0.3) is 0 Å². The minimum atomic E-state index is -0.00225. The number of anilines is 1. The molecule has 26 heavy (non-hydrogen) atoms. The van der Waals surface area contributed by atoms with Crippen LogP contribution in [-0.2, 0) is 10.5 Å². The number of para-hydroxylation sites is 1. The summed E-state index contributed by atoms with van der Waals surface area (Å²) in [5.74, 6) is 1.25. The predicted molar refractivity (Wildman–Crippen MR) is 110 cm³/mol. The largest absolute Gasteiger partial charge is 0.456 e. The number of thioether (sulfide) groups is 1. The fourth-order valence-electron chi connectivity index (χ4n) is 2.95. The highest BCUT2D eigenvalue weighted by Crippen LogP contribution is 2.30. The summed E-state index contributed by atoms with van der Waals surface area (Å²) in [7, 11) is 0. The summed E-state index contributed by atoms with van der Waals surface area (Å²) in [6, 6.07) is 22.2. The van der Waals surface area contributed by atoms with Crippen LogP contribution < -0.4 is 5.32 Å². The van der Waals surface area contributed by atoms with Crippen molar-refractivity contribution in [2.24, 2.45) is 0 Å². The Bertz CT molecular complexity index is 1070. The number of carbonyl (C=O) groups is 1. The lowest BCUT2D eigenvalue weighted by Gasteiger charge is -2.05. The second-order valence-electron chi connectivity index (χ2n) is 6.34. The Morgan fingerprint density at radius 2 is 1.73 bits per heavy atom. The normalized spacial score (nSPS) is 11.1. The molecule has 0 saturated heterocycles. The second kappa shape index (κ2) is 7.26.